The van der Waals surface area contributed by atoms with Crippen LogP contribution in [0.25, 0.3) is 0 Å². The molecule has 4 rings (SSSR count). The molecule has 0 saturated carbocycles. The molecule has 3 N–H and O–H groups in total. The van der Waals surface area contributed by atoms with E-state index in [1.807, 2.05) is 25.1 Å². The SMILES string of the molecule is Cc1ccc(S(=O)(=O)Nc2ccc(N3CCN(c4ccccc4)CC3)cc2C(=O)O)cc1.O=C(O)C(F)(F)F. The first-order valence-electron chi connectivity index (χ1n) is 11.6. The van der Waals surface area contributed by atoms with Gasteiger partial charge in [-0.3, -0.25) is 4.72 Å². The molecule has 0 radical (unpaired) electrons. The highest BCUT2D eigenvalue weighted by Crippen LogP contribution is 2.27. The summed E-state index contributed by atoms with van der Waals surface area (Å²) >= 11 is 0. The van der Waals surface area contributed by atoms with Gasteiger partial charge in [0.2, 0.25) is 0 Å². The van der Waals surface area contributed by atoms with Crippen molar-refractivity contribution < 1.29 is 41.4 Å². The first kappa shape index (κ1) is 29.3. The van der Waals surface area contributed by atoms with Crippen molar-refractivity contribution >= 4 is 39.0 Å². The molecule has 1 saturated heterocycles. The van der Waals surface area contributed by atoms with E-state index in [-0.39, 0.29) is 16.1 Å². The molecule has 1 fully saturated rings. The fourth-order valence-electron chi connectivity index (χ4n) is 3.78. The van der Waals surface area contributed by atoms with Gasteiger partial charge in [-0.25, -0.2) is 18.0 Å². The molecule has 3 aromatic carbocycles. The number of nitrogens with one attached hydrogen (secondary N) is 1. The van der Waals surface area contributed by atoms with E-state index in [1.165, 1.54) is 30.0 Å². The number of piperazine rings is 1. The Morgan fingerprint density at radius 1 is 0.821 bits per heavy atom. The summed E-state index contributed by atoms with van der Waals surface area (Å²) in [6.07, 6.45) is -5.08. The van der Waals surface area contributed by atoms with Crippen LogP contribution < -0.4 is 14.5 Å². The van der Waals surface area contributed by atoms with E-state index in [0.29, 0.717) is 0 Å². The van der Waals surface area contributed by atoms with Gasteiger partial charge in [-0.15, -0.1) is 0 Å². The van der Waals surface area contributed by atoms with Gasteiger partial charge in [-0.1, -0.05) is 35.9 Å². The third-order valence-corrected chi connectivity index (χ3v) is 7.20. The largest absolute Gasteiger partial charge is 0.490 e. The summed E-state index contributed by atoms with van der Waals surface area (Å²) < 4.78 is 59.6. The van der Waals surface area contributed by atoms with Crippen LogP contribution in [0.5, 0.6) is 0 Å². The maximum atomic E-state index is 12.7. The Balaban J connectivity index is 0.000000532. The van der Waals surface area contributed by atoms with E-state index in [2.05, 4.69) is 26.7 Å². The molecule has 0 aliphatic carbocycles. The van der Waals surface area contributed by atoms with Crippen molar-refractivity contribution in [1.82, 2.24) is 0 Å². The molecule has 1 heterocycles. The molecular weight excluding hydrogens is 539 g/mol. The van der Waals surface area contributed by atoms with Gasteiger partial charge < -0.3 is 20.0 Å². The normalized spacial score (nSPS) is 13.7. The Morgan fingerprint density at radius 3 is 1.82 bits per heavy atom. The molecule has 0 spiro atoms. The summed E-state index contributed by atoms with van der Waals surface area (Å²) in [6, 6.07) is 21.4. The molecule has 0 aromatic heterocycles. The van der Waals surface area contributed by atoms with Gasteiger partial charge in [-0.2, -0.15) is 13.2 Å². The molecule has 9 nitrogen and oxygen atoms in total. The second kappa shape index (κ2) is 12.1. The zero-order valence-corrected chi connectivity index (χ0v) is 21.5. The third kappa shape index (κ3) is 7.87. The van der Waals surface area contributed by atoms with E-state index in [0.717, 1.165) is 37.4 Å². The number of halogens is 3. The van der Waals surface area contributed by atoms with Gasteiger partial charge in [0, 0.05) is 37.6 Å². The van der Waals surface area contributed by atoms with Crippen molar-refractivity contribution in [2.45, 2.75) is 18.0 Å². The number of benzene rings is 3. The van der Waals surface area contributed by atoms with Crippen LogP contribution in [0.3, 0.4) is 0 Å². The zero-order chi connectivity index (χ0) is 28.8. The second-order valence-corrected chi connectivity index (χ2v) is 10.2. The lowest BCUT2D eigenvalue weighted by Gasteiger charge is -2.37. The van der Waals surface area contributed by atoms with E-state index < -0.39 is 28.1 Å². The fraction of sp³-hybridized carbons (Fsp3) is 0.231. The Labute approximate surface area is 223 Å². The summed E-state index contributed by atoms with van der Waals surface area (Å²) in [5.41, 5.74) is 2.83. The maximum absolute atomic E-state index is 12.7. The van der Waals surface area contributed by atoms with Gasteiger partial charge in [0.15, 0.2) is 0 Å². The fourth-order valence-corrected chi connectivity index (χ4v) is 4.86. The van der Waals surface area contributed by atoms with Crippen molar-refractivity contribution in [3.05, 3.63) is 83.9 Å². The standard InChI is InChI=1S/C24H25N3O4S.C2HF3O2/c1-18-7-10-21(11-8-18)32(30,31)25-23-12-9-20(17-22(23)24(28)29)27-15-13-26(14-16-27)19-5-3-2-4-6-19;3-2(4,5)1(6)7/h2-12,17,25H,13-16H2,1H3,(H,28,29);(H,6,7). The van der Waals surface area contributed by atoms with Gasteiger partial charge >= 0.3 is 18.1 Å². The molecule has 1 aliphatic heterocycles. The minimum atomic E-state index is -5.08. The minimum absolute atomic E-state index is 0.0461. The molecule has 0 atom stereocenters. The monoisotopic (exact) mass is 565 g/mol. The molecule has 0 bridgehead atoms. The number of aryl methyl sites for hydroxylation is 1. The Kier molecular flexibility index (Phi) is 9.07. The topological polar surface area (TPSA) is 127 Å². The Hall–Kier alpha value is -4.26. The van der Waals surface area contributed by atoms with Crippen LogP contribution in [0.4, 0.5) is 30.2 Å². The first-order valence-corrected chi connectivity index (χ1v) is 13.1. The summed E-state index contributed by atoms with van der Waals surface area (Å²) in [4.78, 5) is 25.3. The number of hydrogen-bond donors (Lipinski definition) is 3. The van der Waals surface area contributed by atoms with Gasteiger partial charge in [-0.05, 0) is 49.4 Å². The lowest BCUT2D eigenvalue weighted by molar-refractivity contribution is -0.192. The number of carboxylic acid groups (broad SMARTS) is 2. The van der Waals surface area contributed by atoms with Crippen molar-refractivity contribution in [3.63, 3.8) is 0 Å². The van der Waals surface area contributed by atoms with Crippen LogP contribution >= 0.6 is 0 Å². The molecule has 39 heavy (non-hydrogen) atoms. The van der Waals surface area contributed by atoms with E-state index >= 15 is 0 Å². The first-order chi connectivity index (χ1) is 18.3. The quantitative estimate of drug-likeness (QED) is 0.400. The lowest BCUT2D eigenvalue weighted by atomic mass is 10.1. The lowest BCUT2D eigenvalue weighted by Crippen LogP contribution is -2.46. The van der Waals surface area contributed by atoms with Crippen LogP contribution in [0.1, 0.15) is 15.9 Å². The highest BCUT2D eigenvalue weighted by molar-refractivity contribution is 7.92. The number of alkyl halides is 3. The number of carbonyl (C=O) groups is 2. The number of para-hydroxylation sites is 1. The van der Waals surface area contributed by atoms with Gasteiger partial charge in [0.1, 0.15) is 0 Å². The van der Waals surface area contributed by atoms with Crippen molar-refractivity contribution in [2.24, 2.45) is 0 Å². The molecular formula is C26H26F3N3O6S. The highest BCUT2D eigenvalue weighted by Gasteiger charge is 2.38. The second-order valence-electron chi connectivity index (χ2n) is 8.57. The van der Waals surface area contributed by atoms with Crippen LogP contribution in [0.2, 0.25) is 0 Å². The predicted molar refractivity (Wildman–Crippen MR) is 140 cm³/mol. The summed E-state index contributed by atoms with van der Waals surface area (Å²) in [6.45, 7) is 4.97. The van der Waals surface area contributed by atoms with Crippen LogP contribution in [0.15, 0.2) is 77.7 Å². The zero-order valence-electron chi connectivity index (χ0n) is 20.7. The van der Waals surface area contributed by atoms with Gasteiger partial charge in [0.05, 0.1) is 16.1 Å². The van der Waals surface area contributed by atoms with E-state index in [4.69, 9.17) is 9.90 Å². The number of carboxylic acids is 2. The van der Waals surface area contributed by atoms with Crippen LogP contribution in [0, 0.1) is 6.92 Å². The molecule has 0 unspecified atom stereocenters. The number of hydrogen-bond acceptors (Lipinski definition) is 6. The molecule has 0 amide bonds. The predicted octanol–water partition coefficient (Wildman–Crippen LogP) is 4.45. The number of anilines is 3. The third-order valence-electron chi connectivity index (χ3n) is 5.82. The number of rotatable bonds is 6. The average Bonchev–Trinajstić information content (AvgIpc) is 2.89. The maximum Gasteiger partial charge on any atom is 0.490 e. The number of aromatic carboxylic acids is 1. The van der Waals surface area contributed by atoms with Gasteiger partial charge in [0.25, 0.3) is 10.0 Å². The molecule has 1 aliphatic rings. The molecule has 208 valence electrons. The molecule has 3 aromatic rings. The van der Waals surface area contributed by atoms with E-state index in [1.54, 1.807) is 18.2 Å². The van der Waals surface area contributed by atoms with Crippen molar-refractivity contribution in [3.8, 4) is 0 Å². The summed E-state index contributed by atoms with van der Waals surface area (Å²) in [7, 11) is -3.90. The number of aliphatic carboxylic acids is 1. The summed E-state index contributed by atoms with van der Waals surface area (Å²) in [5.74, 6) is -3.94. The van der Waals surface area contributed by atoms with Crippen LogP contribution in [-0.4, -0.2) is 62.9 Å². The smallest absolute Gasteiger partial charge is 0.478 e. The highest BCUT2D eigenvalue weighted by atomic mass is 32.2. The number of sulfonamides is 1. The van der Waals surface area contributed by atoms with Crippen molar-refractivity contribution in [2.75, 3.05) is 40.7 Å². The Morgan fingerprint density at radius 2 is 1.33 bits per heavy atom. The average molecular weight is 566 g/mol. The summed E-state index contributed by atoms with van der Waals surface area (Å²) in [5, 5.41) is 16.8. The van der Waals surface area contributed by atoms with Crippen molar-refractivity contribution in [1.29, 1.82) is 0 Å². The van der Waals surface area contributed by atoms with E-state index in [9.17, 15) is 31.5 Å². The number of nitrogens with zero attached hydrogens (tertiary/aromatic N) is 2. The van der Waals surface area contributed by atoms with Crippen LogP contribution in [-0.2, 0) is 14.8 Å². The Bertz CT molecular complexity index is 1410. The molecule has 13 heteroatoms. The minimum Gasteiger partial charge on any atom is -0.478 e.